The number of fused-ring (bicyclic) bond motifs is 1. The summed E-state index contributed by atoms with van der Waals surface area (Å²) in [7, 11) is 3.18. The summed E-state index contributed by atoms with van der Waals surface area (Å²) in [6, 6.07) is 15.4. The van der Waals surface area contributed by atoms with Gasteiger partial charge in [-0.05, 0) is 48.1 Å². The number of amides is 1. The van der Waals surface area contributed by atoms with Crippen LogP contribution in [-0.2, 0) is 11.2 Å². The van der Waals surface area contributed by atoms with Gasteiger partial charge in [0, 0.05) is 19.6 Å². The number of nitriles is 1. The second kappa shape index (κ2) is 12.9. The molecular weight excluding hydrogens is 466 g/mol. The Morgan fingerprint density at radius 1 is 0.973 bits per heavy atom. The normalized spacial score (nSPS) is 11.9. The Kier molecular flexibility index (Phi) is 9.67. The molecule has 0 aliphatic rings. The lowest BCUT2D eigenvalue weighted by Crippen LogP contribution is -2.36. The van der Waals surface area contributed by atoms with Gasteiger partial charge in [-0.2, -0.15) is 5.26 Å². The molecule has 3 rings (SSSR count). The van der Waals surface area contributed by atoms with Crippen molar-refractivity contribution in [3.63, 3.8) is 0 Å². The van der Waals surface area contributed by atoms with E-state index in [9.17, 15) is 10.1 Å². The Hall–Kier alpha value is -3.86. The average molecular weight is 504 g/mol. The molecule has 1 amide bonds. The van der Waals surface area contributed by atoms with Crippen LogP contribution in [0.1, 0.15) is 44.9 Å². The van der Waals surface area contributed by atoms with E-state index in [1.807, 2.05) is 42.5 Å². The fourth-order valence-electron chi connectivity index (χ4n) is 4.27. The van der Waals surface area contributed by atoms with Gasteiger partial charge < -0.3 is 19.7 Å². The summed E-state index contributed by atoms with van der Waals surface area (Å²) >= 11 is 0. The van der Waals surface area contributed by atoms with Crippen molar-refractivity contribution in [1.82, 2.24) is 15.3 Å². The number of nitrogens with one attached hydrogen (secondary N) is 1. The lowest BCUT2D eigenvalue weighted by molar-refractivity contribution is -0.121. The first-order chi connectivity index (χ1) is 17.8. The van der Waals surface area contributed by atoms with Crippen molar-refractivity contribution in [2.24, 2.45) is 11.8 Å². The van der Waals surface area contributed by atoms with Crippen LogP contribution in [0.4, 0.5) is 5.82 Å². The lowest BCUT2D eigenvalue weighted by atomic mass is 10.0. The Bertz CT molecular complexity index is 1240. The van der Waals surface area contributed by atoms with Gasteiger partial charge in [0.2, 0.25) is 5.91 Å². The van der Waals surface area contributed by atoms with E-state index in [2.05, 4.69) is 44.0 Å². The number of hydrogen-bond donors (Lipinski definition) is 1. The summed E-state index contributed by atoms with van der Waals surface area (Å²) in [5.74, 6) is 1.15. The number of benzene rings is 2. The predicted octanol–water partition coefficient (Wildman–Crippen LogP) is 4.73. The van der Waals surface area contributed by atoms with Crippen molar-refractivity contribution < 1.29 is 14.3 Å². The van der Waals surface area contributed by atoms with Crippen LogP contribution in [0.25, 0.3) is 11.0 Å². The number of anilines is 1. The summed E-state index contributed by atoms with van der Waals surface area (Å²) in [6.07, 6.45) is 0.577. The van der Waals surface area contributed by atoms with Crippen LogP contribution in [-0.4, -0.2) is 49.7 Å². The third kappa shape index (κ3) is 7.10. The highest BCUT2D eigenvalue weighted by Gasteiger charge is 2.29. The molecule has 0 spiro atoms. The predicted molar refractivity (Wildman–Crippen MR) is 146 cm³/mol. The zero-order valence-electron chi connectivity index (χ0n) is 22.6. The molecule has 8 heteroatoms. The second-order valence-electron chi connectivity index (χ2n) is 9.91. The summed E-state index contributed by atoms with van der Waals surface area (Å²) in [5.41, 5.74) is 2.78. The van der Waals surface area contributed by atoms with Crippen LogP contribution in [0.3, 0.4) is 0 Å². The molecule has 0 aliphatic carbocycles. The third-order valence-electron chi connectivity index (χ3n) is 5.87. The van der Waals surface area contributed by atoms with Crippen LogP contribution in [0, 0.1) is 23.2 Å². The molecular formula is C29H37N5O3. The Labute approximate surface area is 219 Å². The highest BCUT2D eigenvalue weighted by atomic mass is 16.5. The molecule has 1 aromatic heterocycles. The van der Waals surface area contributed by atoms with Crippen molar-refractivity contribution >= 4 is 22.8 Å². The van der Waals surface area contributed by atoms with Crippen molar-refractivity contribution in [2.75, 3.05) is 38.8 Å². The van der Waals surface area contributed by atoms with Crippen LogP contribution in [0.15, 0.2) is 42.5 Å². The molecule has 1 heterocycles. The lowest BCUT2D eigenvalue weighted by Gasteiger charge is -2.29. The highest BCUT2D eigenvalue weighted by molar-refractivity contribution is 5.88. The number of aromatic nitrogens is 2. The first-order valence-corrected chi connectivity index (χ1v) is 12.7. The fourth-order valence-corrected chi connectivity index (χ4v) is 4.27. The number of para-hydroxylation sites is 2. The Morgan fingerprint density at radius 3 is 2.16 bits per heavy atom. The molecule has 37 heavy (non-hydrogen) atoms. The molecule has 0 unspecified atom stereocenters. The maximum atomic E-state index is 13.3. The van der Waals surface area contributed by atoms with Gasteiger partial charge in [-0.3, -0.25) is 4.79 Å². The molecule has 0 fully saturated rings. The standard InChI is InChI=1S/C29H37N5O3/c1-19(2)17-34(18-20(3)4)28-27(32-23-9-7-8-10-24(23)33-28)22(16-30)29(35)31-14-13-21-11-12-25(36-5)26(15-21)37-6/h7-12,15,19-20,22H,13-14,17-18H2,1-6H3,(H,31,35)/t22-/m1/s1. The van der Waals surface area contributed by atoms with Crippen molar-refractivity contribution in [3.8, 4) is 17.6 Å². The molecule has 0 saturated carbocycles. The minimum Gasteiger partial charge on any atom is -0.493 e. The van der Waals surface area contributed by atoms with E-state index in [0.29, 0.717) is 53.3 Å². The minimum atomic E-state index is -1.08. The van der Waals surface area contributed by atoms with Gasteiger partial charge in [0.05, 0.1) is 31.3 Å². The van der Waals surface area contributed by atoms with E-state index in [4.69, 9.17) is 19.4 Å². The SMILES string of the molecule is COc1ccc(CCNC(=O)[C@H](C#N)c2nc3ccccc3nc2N(CC(C)C)CC(C)C)cc1OC. The van der Waals surface area contributed by atoms with Gasteiger partial charge >= 0.3 is 0 Å². The van der Waals surface area contributed by atoms with E-state index in [0.717, 1.165) is 24.2 Å². The van der Waals surface area contributed by atoms with E-state index < -0.39 is 5.92 Å². The Balaban J connectivity index is 1.88. The van der Waals surface area contributed by atoms with Gasteiger partial charge in [-0.1, -0.05) is 45.9 Å². The van der Waals surface area contributed by atoms with Crippen LogP contribution in [0.5, 0.6) is 11.5 Å². The molecule has 2 aromatic carbocycles. The molecule has 196 valence electrons. The number of methoxy groups -OCH3 is 2. The van der Waals surface area contributed by atoms with Crippen molar-refractivity contribution in [3.05, 3.63) is 53.7 Å². The number of carbonyl (C=O) groups is 1. The summed E-state index contributed by atoms with van der Waals surface area (Å²) in [4.78, 5) is 25.1. The zero-order chi connectivity index (χ0) is 26.9. The molecule has 0 bridgehead atoms. The number of nitrogens with zero attached hydrogens (tertiary/aromatic N) is 4. The van der Waals surface area contributed by atoms with Gasteiger partial charge in [-0.25, -0.2) is 9.97 Å². The summed E-state index contributed by atoms with van der Waals surface area (Å²) in [5, 5.41) is 13.0. The summed E-state index contributed by atoms with van der Waals surface area (Å²) in [6.45, 7) is 10.4. The number of ether oxygens (including phenoxy) is 2. The zero-order valence-corrected chi connectivity index (χ0v) is 22.6. The fraction of sp³-hybridized carbons (Fsp3) is 0.448. The second-order valence-corrected chi connectivity index (χ2v) is 9.91. The van der Waals surface area contributed by atoms with Crippen LogP contribution >= 0.6 is 0 Å². The first kappa shape index (κ1) is 27.7. The number of hydrogen-bond acceptors (Lipinski definition) is 7. The van der Waals surface area contributed by atoms with Crippen molar-refractivity contribution in [1.29, 1.82) is 5.26 Å². The minimum absolute atomic E-state index is 0.366. The highest BCUT2D eigenvalue weighted by Crippen LogP contribution is 2.29. The largest absolute Gasteiger partial charge is 0.493 e. The molecule has 3 aromatic rings. The average Bonchev–Trinajstić information content (AvgIpc) is 2.87. The van der Waals surface area contributed by atoms with Gasteiger partial charge in [-0.15, -0.1) is 0 Å². The topological polar surface area (TPSA) is 100 Å². The van der Waals surface area contributed by atoms with Crippen molar-refractivity contribution in [2.45, 2.75) is 40.0 Å². The van der Waals surface area contributed by atoms with Gasteiger partial charge in [0.15, 0.2) is 23.2 Å². The number of rotatable bonds is 12. The molecule has 0 aliphatic heterocycles. The third-order valence-corrected chi connectivity index (χ3v) is 5.87. The van der Waals surface area contributed by atoms with Crippen LogP contribution < -0.4 is 19.7 Å². The molecule has 0 radical (unpaired) electrons. The van der Waals surface area contributed by atoms with Crippen LogP contribution in [0.2, 0.25) is 0 Å². The molecule has 1 atom stereocenters. The monoisotopic (exact) mass is 503 g/mol. The van der Waals surface area contributed by atoms with E-state index >= 15 is 0 Å². The molecule has 0 saturated heterocycles. The summed E-state index contributed by atoms with van der Waals surface area (Å²) < 4.78 is 10.7. The first-order valence-electron chi connectivity index (χ1n) is 12.7. The van der Waals surface area contributed by atoms with E-state index in [1.165, 1.54) is 0 Å². The quantitative estimate of drug-likeness (QED) is 0.381. The maximum Gasteiger partial charge on any atom is 0.243 e. The Morgan fingerprint density at radius 2 is 1.59 bits per heavy atom. The maximum absolute atomic E-state index is 13.3. The van der Waals surface area contributed by atoms with E-state index in [1.54, 1.807) is 14.2 Å². The molecule has 1 N–H and O–H groups in total. The number of carbonyl (C=O) groups excluding carboxylic acids is 1. The molecule has 8 nitrogen and oxygen atoms in total. The smallest absolute Gasteiger partial charge is 0.243 e. The van der Waals surface area contributed by atoms with Gasteiger partial charge in [0.25, 0.3) is 0 Å². The van der Waals surface area contributed by atoms with Gasteiger partial charge in [0.1, 0.15) is 5.69 Å². The van der Waals surface area contributed by atoms with E-state index in [-0.39, 0.29) is 5.91 Å².